The smallest absolute Gasteiger partial charge is 0.119 e. The summed E-state index contributed by atoms with van der Waals surface area (Å²) in [6, 6.07) is 15.9. The number of methoxy groups -OCH3 is 1. The maximum atomic E-state index is 5.34. The molecule has 2 nitrogen and oxygen atoms in total. The number of ether oxygens (including phenoxy) is 1. The van der Waals surface area contributed by atoms with Crippen molar-refractivity contribution >= 4 is 5.69 Å². The lowest BCUT2D eigenvalue weighted by molar-refractivity contribution is 0.414. The third kappa shape index (κ3) is 1.63. The van der Waals surface area contributed by atoms with Crippen LogP contribution in [0.2, 0.25) is 0 Å². The minimum atomic E-state index is 0.622. The fourth-order valence-electron chi connectivity index (χ4n) is 3.44. The van der Waals surface area contributed by atoms with Gasteiger partial charge in [-0.15, -0.1) is 0 Å². The van der Waals surface area contributed by atoms with Crippen LogP contribution in [0.4, 0.5) is 5.69 Å². The van der Waals surface area contributed by atoms with Crippen molar-refractivity contribution in [2.24, 2.45) is 0 Å². The van der Waals surface area contributed by atoms with Crippen LogP contribution in [0.3, 0.4) is 0 Å². The molecule has 4 rings (SSSR count). The molecule has 0 saturated carbocycles. The van der Waals surface area contributed by atoms with Crippen LogP contribution in [-0.4, -0.2) is 13.2 Å². The Morgan fingerprint density at radius 2 is 1.79 bits per heavy atom. The second-order valence-corrected chi connectivity index (χ2v) is 5.45. The molecule has 2 heteroatoms. The molecule has 2 aliphatic heterocycles. The van der Waals surface area contributed by atoms with Gasteiger partial charge in [0, 0.05) is 18.3 Å². The molecule has 0 saturated heterocycles. The Morgan fingerprint density at radius 3 is 2.63 bits per heavy atom. The van der Waals surface area contributed by atoms with Crippen LogP contribution in [0.1, 0.15) is 16.7 Å². The molecule has 0 fully saturated rings. The van der Waals surface area contributed by atoms with Gasteiger partial charge in [-0.2, -0.15) is 0 Å². The van der Waals surface area contributed by atoms with E-state index in [0.717, 1.165) is 25.1 Å². The number of benzene rings is 2. The lowest BCUT2D eigenvalue weighted by Crippen LogP contribution is -2.37. The first-order valence-electron chi connectivity index (χ1n) is 6.85. The van der Waals surface area contributed by atoms with Crippen molar-refractivity contribution in [1.29, 1.82) is 0 Å². The number of anilines is 1. The minimum Gasteiger partial charge on any atom is -0.497 e. The predicted octanol–water partition coefficient (Wildman–Crippen LogP) is 3.18. The van der Waals surface area contributed by atoms with Crippen LogP contribution in [0.5, 0.6) is 5.75 Å². The van der Waals surface area contributed by atoms with Crippen LogP contribution in [0, 0.1) is 0 Å². The van der Waals surface area contributed by atoms with Crippen molar-refractivity contribution in [2.45, 2.75) is 25.4 Å². The van der Waals surface area contributed by atoms with Gasteiger partial charge in [0.1, 0.15) is 5.75 Å². The van der Waals surface area contributed by atoms with Gasteiger partial charge < -0.3 is 9.64 Å². The van der Waals surface area contributed by atoms with Gasteiger partial charge in [-0.25, -0.2) is 0 Å². The number of nitrogens with zero attached hydrogens (tertiary/aromatic N) is 1. The van der Waals surface area contributed by atoms with Crippen LogP contribution in [0.15, 0.2) is 42.5 Å². The van der Waals surface area contributed by atoms with Gasteiger partial charge >= 0.3 is 0 Å². The number of rotatable bonds is 1. The van der Waals surface area contributed by atoms with Gasteiger partial charge in [0.15, 0.2) is 0 Å². The first-order chi connectivity index (χ1) is 9.35. The molecule has 96 valence electrons. The molecule has 0 bridgehead atoms. The molecule has 19 heavy (non-hydrogen) atoms. The van der Waals surface area contributed by atoms with E-state index in [4.69, 9.17) is 4.74 Å². The van der Waals surface area contributed by atoms with Crippen molar-refractivity contribution < 1.29 is 4.74 Å². The molecule has 2 aromatic rings. The highest BCUT2D eigenvalue weighted by Gasteiger charge is 2.33. The highest BCUT2D eigenvalue weighted by Crippen LogP contribution is 2.39. The van der Waals surface area contributed by atoms with E-state index in [2.05, 4.69) is 47.4 Å². The van der Waals surface area contributed by atoms with Crippen molar-refractivity contribution in [2.75, 3.05) is 12.0 Å². The SMILES string of the molecule is COc1ccc2c(c1)CC1Cc3ccccc3CN21. The number of fused-ring (bicyclic) bond motifs is 4. The summed E-state index contributed by atoms with van der Waals surface area (Å²) in [6.45, 7) is 1.04. The highest BCUT2D eigenvalue weighted by atomic mass is 16.5. The lowest BCUT2D eigenvalue weighted by Gasteiger charge is -2.33. The summed E-state index contributed by atoms with van der Waals surface area (Å²) in [6.07, 6.45) is 2.30. The summed E-state index contributed by atoms with van der Waals surface area (Å²) < 4.78 is 5.34. The fourth-order valence-corrected chi connectivity index (χ4v) is 3.44. The summed E-state index contributed by atoms with van der Waals surface area (Å²) in [5.41, 5.74) is 5.81. The zero-order chi connectivity index (χ0) is 12.8. The van der Waals surface area contributed by atoms with Crippen LogP contribution >= 0.6 is 0 Å². The Morgan fingerprint density at radius 1 is 1.00 bits per heavy atom. The van der Waals surface area contributed by atoms with Gasteiger partial charge in [0.25, 0.3) is 0 Å². The van der Waals surface area contributed by atoms with E-state index in [1.54, 1.807) is 7.11 Å². The maximum Gasteiger partial charge on any atom is 0.119 e. The number of hydrogen-bond acceptors (Lipinski definition) is 2. The van der Waals surface area contributed by atoms with E-state index < -0.39 is 0 Å². The monoisotopic (exact) mass is 251 g/mol. The first-order valence-corrected chi connectivity index (χ1v) is 6.85. The van der Waals surface area contributed by atoms with Crippen molar-refractivity contribution in [3.63, 3.8) is 0 Å². The van der Waals surface area contributed by atoms with Crippen LogP contribution < -0.4 is 9.64 Å². The summed E-state index contributed by atoms with van der Waals surface area (Å²) >= 11 is 0. The highest BCUT2D eigenvalue weighted by molar-refractivity contribution is 5.63. The second kappa shape index (κ2) is 4.02. The molecule has 1 atom stereocenters. The molecule has 2 aromatic carbocycles. The van der Waals surface area contributed by atoms with E-state index in [9.17, 15) is 0 Å². The zero-order valence-electron chi connectivity index (χ0n) is 11.1. The summed E-state index contributed by atoms with van der Waals surface area (Å²) in [4.78, 5) is 2.55. The molecule has 2 heterocycles. The molecule has 0 amide bonds. The van der Waals surface area contributed by atoms with Gasteiger partial charge in [-0.1, -0.05) is 24.3 Å². The van der Waals surface area contributed by atoms with Crippen molar-refractivity contribution in [1.82, 2.24) is 0 Å². The largest absolute Gasteiger partial charge is 0.497 e. The Balaban J connectivity index is 1.74. The average Bonchev–Trinajstić information content (AvgIpc) is 2.81. The lowest BCUT2D eigenvalue weighted by atomic mass is 9.94. The molecule has 0 radical (unpaired) electrons. The van der Waals surface area contributed by atoms with E-state index in [1.165, 1.54) is 22.4 Å². The number of hydrogen-bond donors (Lipinski definition) is 0. The van der Waals surface area contributed by atoms with E-state index >= 15 is 0 Å². The van der Waals surface area contributed by atoms with E-state index in [1.807, 2.05) is 0 Å². The molecule has 2 aliphatic rings. The summed E-state index contributed by atoms with van der Waals surface area (Å²) in [5, 5.41) is 0. The minimum absolute atomic E-state index is 0.622. The Bertz CT molecular complexity index is 635. The van der Waals surface area contributed by atoms with Crippen molar-refractivity contribution in [3.05, 3.63) is 59.2 Å². The molecule has 1 unspecified atom stereocenters. The maximum absolute atomic E-state index is 5.34. The normalized spacial score (nSPS) is 19.6. The van der Waals surface area contributed by atoms with Crippen LogP contribution in [-0.2, 0) is 19.4 Å². The first kappa shape index (κ1) is 10.9. The summed E-state index contributed by atoms with van der Waals surface area (Å²) in [7, 11) is 1.74. The molecular formula is C17H17NO. The molecule has 0 aromatic heterocycles. The van der Waals surface area contributed by atoms with Gasteiger partial charge in [-0.3, -0.25) is 0 Å². The Labute approximate surface area is 113 Å². The third-order valence-electron chi connectivity index (χ3n) is 4.41. The van der Waals surface area contributed by atoms with Gasteiger partial charge in [-0.05, 0) is 47.7 Å². The third-order valence-corrected chi connectivity index (χ3v) is 4.41. The second-order valence-electron chi connectivity index (χ2n) is 5.45. The molecule has 0 N–H and O–H groups in total. The van der Waals surface area contributed by atoms with E-state index in [0.29, 0.717) is 6.04 Å². The molecule has 0 aliphatic carbocycles. The Kier molecular flexibility index (Phi) is 2.31. The topological polar surface area (TPSA) is 12.5 Å². The van der Waals surface area contributed by atoms with Gasteiger partial charge in [0.05, 0.1) is 7.11 Å². The molecule has 0 spiro atoms. The Hall–Kier alpha value is -1.96. The van der Waals surface area contributed by atoms with Crippen molar-refractivity contribution in [3.8, 4) is 5.75 Å². The zero-order valence-corrected chi connectivity index (χ0v) is 11.1. The predicted molar refractivity (Wildman–Crippen MR) is 76.8 cm³/mol. The molecular weight excluding hydrogens is 234 g/mol. The summed E-state index contributed by atoms with van der Waals surface area (Å²) in [5.74, 6) is 0.969. The quantitative estimate of drug-likeness (QED) is 0.772. The fraction of sp³-hybridized carbons (Fsp3) is 0.294. The van der Waals surface area contributed by atoms with Crippen LogP contribution in [0.25, 0.3) is 0 Å². The average molecular weight is 251 g/mol. The van der Waals surface area contributed by atoms with Gasteiger partial charge in [0.2, 0.25) is 0 Å². The standard InChI is InChI=1S/C17H17NO/c1-19-16-6-7-17-14(10-16)9-15-8-12-4-2-3-5-13(12)11-18(15)17/h2-7,10,15H,8-9,11H2,1H3. The van der Waals surface area contributed by atoms with E-state index in [-0.39, 0.29) is 0 Å².